The van der Waals surface area contributed by atoms with Crippen molar-refractivity contribution in [2.24, 2.45) is 0 Å². The fourth-order valence-electron chi connectivity index (χ4n) is 0. The Balaban J connectivity index is 2.83. The van der Waals surface area contributed by atoms with E-state index in [2.05, 4.69) is 22.4 Å². The van der Waals surface area contributed by atoms with Gasteiger partial charge in [-0.2, -0.15) is 0 Å². The predicted octanol–water partition coefficient (Wildman–Crippen LogP) is 0.553. The van der Waals surface area contributed by atoms with Crippen molar-refractivity contribution in [1.29, 1.82) is 0 Å². The van der Waals surface area contributed by atoms with Crippen molar-refractivity contribution in [1.82, 2.24) is 0 Å². The van der Waals surface area contributed by atoms with E-state index < -0.39 is 0 Å². The van der Waals surface area contributed by atoms with E-state index in [1.165, 1.54) is 0 Å². The second-order valence-electron chi connectivity index (χ2n) is 0.870. The summed E-state index contributed by atoms with van der Waals surface area (Å²) in [5.74, 6) is 1.65. The molecular weight excluding hydrogens is 173 g/mol. The molecule has 1 radical (unpaired) electrons. The van der Waals surface area contributed by atoms with Gasteiger partial charge in [0.1, 0.15) is 0 Å². The van der Waals surface area contributed by atoms with Gasteiger partial charge in [-0.05, 0) is 0 Å². The molecule has 0 aromatic rings. The quantitative estimate of drug-likeness (QED) is 0.405. The Hall–Kier alpha value is 0.730. The minimum absolute atomic E-state index is 0.507. The molecule has 0 N–H and O–H groups in total. The summed E-state index contributed by atoms with van der Waals surface area (Å²) in [4.78, 5) is 0. The molecule has 0 aliphatic rings. The Morgan fingerprint density at radius 3 is 2.20 bits per heavy atom. The van der Waals surface area contributed by atoms with E-state index in [-0.39, 0.29) is 0 Å². The number of hydrogen-bond acceptors (Lipinski definition) is 0. The SMILES string of the molecule is [B]=CB(C)I. The average molecular weight is 177 g/mol. The van der Waals surface area contributed by atoms with Gasteiger partial charge in [-0.1, -0.05) is 0 Å². The van der Waals surface area contributed by atoms with Gasteiger partial charge in [-0.25, -0.2) is 0 Å². The van der Waals surface area contributed by atoms with Crippen LogP contribution in [0.1, 0.15) is 0 Å². The van der Waals surface area contributed by atoms with Crippen LogP contribution in [0.4, 0.5) is 0 Å². The van der Waals surface area contributed by atoms with Gasteiger partial charge in [0.25, 0.3) is 0 Å². The Morgan fingerprint density at radius 1 is 2.00 bits per heavy atom. The Bertz CT molecular complexity index is 34.6. The van der Waals surface area contributed by atoms with Crippen molar-refractivity contribution in [3.05, 3.63) is 0 Å². The van der Waals surface area contributed by atoms with E-state index >= 15 is 0 Å². The first-order valence-corrected chi connectivity index (χ1v) is 2.71. The first kappa shape index (κ1) is 5.73. The van der Waals surface area contributed by atoms with E-state index in [4.69, 9.17) is 7.49 Å². The number of hydrogen-bond donors (Lipinski definition) is 0. The molecule has 0 fully saturated rings. The van der Waals surface area contributed by atoms with Gasteiger partial charge in [0.05, 0.1) is 0 Å². The maximum atomic E-state index is 5.04. The van der Waals surface area contributed by atoms with Crippen LogP contribution in [0.5, 0.6) is 0 Å². The predicted molar refractivity (Wildman–Crippen MR) is 37.5 cm³/mol. The van der Waals surface area contributed by atoms with Gasteiger partial charge in [-0.3, -0.25) is 0 Å². The molecule has 0 aromatic carbocycles. The monoisotopic (exact) mass is 177 g/mol. The molecule has 25 valence electrons. The molecule has 0 saturated heterocycles. The molecule has 0 nitrogen and oxygen atoms in total. The Labute approximate surface area is 47.4 Å². The third kappa shape index (κ3) is 4.73. The van der Waals surface area contributed by atoms with Crippen LogP contribution in [0.3, 0.4) is 0 Å². The van der Waals surface area contributed by atoms with Gasteiger partial charge in [0.2, 0.25) is 0 Å². The summed E-state index contributed by atoms with van der Waals surface area (Å²) in [6, 6.07) is 0. The summed E-state index contributed by atoms with van der Waals surface area (Å²) < 4.78 is 0.507. The van der Waals surface area contributed by atoms with Crippen LogP contribution < -0.4 is 0 Å². The fraction of sp³-hybridized carbons (Fsp3) is 0.500. The van der Waals surface area contributed by atoms with Crippen LogP contribution in [0, 0.1) is 0 Å². The summed E-state index contributed by atoms with van der Waals surface area (Å²) in [7, 11) is 5.04. The number of rotatable bonds is 1. The van der Waals surface area contributed by atoms with Crippen molar-refractivity contribution < 1.29 is 0 Å². The van der Waals surface area contributed by atoms with Crippen molar-refractivity contribution in [3.63, 3.8) is 0 Å². The third-order valence-corrected chi connectivity index (χ3v) is 0.680. The van der Waals surface area contributed by atoms with Gasteiger partial charge in [0.15, 0.2) is 0 Å². The molecule has 0 aliphatic carbocycles. The van der Waals surface area contributed by atoms with Crippen LogP contribution in [0.15, 0.2) is 0 Å². The molecule has 0 rings (SSSR count). The van der Waals surface area contributed by atoms with Gasteiger partial charge < -0.3 is 0 Å². The second kappa shape index (κ2) is 2.94. The van der Waals surface area contributed by atoms with E-state index in [0.717, 1.165) is 0 Å². The van der Waals surface area contributed by atoms with E-state index in [9.17, 15) is 0 Å². The Morgan fingerprint density at radius 2 is 2.20 bits per heavy atom. The van der Waals surface area contributed by atoms with E-state index in [0.29, 0.717) is 4.57 Å². The summed E-state index contributed by atoms with van der Waals surface area (Å²) in [5, 5.41) is 0. The van der Waals surface area contributed by atoms with Crippen molar-refractivity contribution in [2.45, 2.75) is 6.82 Å². The first-order chi connectivity index (χ1) is 2.27. The molecule has 5 heavy (non-hydrogen) atoms. The van der Waals surface area contributed by atoms with Crippen LogP contribution >= 0.6 is 22.4 Å². The second-order valence-corrected chi connectivity index (χ2v) is 2.83. The zero-order valence-electron chi connectivity index (χ0n) is 3.11. The molecule has 0 amide bonds. The molecule has 0 bridgehead atoms. The molecule has 0 saturated carbocycles. The van der Waals surface area contributed by atoms with Gasteiger partial charge in [-0.15, -0.1) is 0 Å². The molecule has 0 aliphatic heterocycles. The summed E-state index contributed by atoms with van der Waals surface area (Å²) >= 11 is 2.23. The summed E-state index contributed by atoms with van der Waals surface area (Å²) in [5.41, 5.74) is 0. The average Bonchev–Trinajstić information content (AvgIpc) is 1.38. The molecule has 0 spiro atoms. The Kier molecular flexibility index (Phi) is 3.37. The van der Waals surface area contributed by atoms with Crippen LogP contribution in [0.25, 0.3) is 0 Å². The van der Waals surface area contributed by atoms with Crippen LogP contribution in [0.2, 0.25) is 6.82 Å². The number of halogens is 1. The normalized spacial score (nSPS) is 6.60. The zero-order valence-corrected chi connectivity index (χ0v) is 5.27. The third-order valence-electron chi connectivity index (χ3n) is 0.265. The first-order valence-electron chi connectivity index (χ1n) is 1.46. The van der Waals surface area contributed by atoms with Crippen molar-refractivity contribution >= 4 is 40.3 Å². The molecule has 3 heteroatoms. The fourth-order valence-corrected chi connectivity index (χ4v) is 0. The molecule has 0 atom stereocenters. The van der Waals surface area contributed by atoms with Gasteiger partial charge >= 0.3 is 47.1 Å². The minimum atomic E-state index is 0.507. The molecule has 0 heterocycles. The summed E-state index contributed by atoms with van der Waals surface area (Å²) in [6.45, 7) is 2.03. The topological polar surface area (TPSA) is 0 Å². The maximum absolute atomic E-state index is 5.04. The van der Waals surface area contributed by atoms with Crippen molar-refractivity contribution in [3.8, 4) is 0 Å². The molecule has 0 aromatic heterocycles. The molecule has 0 unspecified atom stereocenters. The summed E-state index contributed by atoms with van der Waals surface area (Å²) in [6.07, 6.45) is 0. The van der Waals surface area contributed by atoms with Crippen LogP contribution in [-0.4, -0.2) is 17.9 Å². The standard InChI is InChI=1S/C2H4B2I/c1-4(5)2-3/h2H,1H3. The zero-order chi connectivity index (χ0) is 4.28. The van der Waals surface area contributed by atoms with Gasteiger partial charge in [0, 0.05) is 0 Å². The van der Waals surface area contributed by atoms with E-state index in [1.807, 2.05) is 6.82 Å². The molecular formula is C2H4B2I. The van der Waals surface area contributed by atoms with Crippen LogP contribution in [-0.2, 0) is 0 Å². The van der Waals surface area contributed by atoms with E-state index in [1.54, 1.807) is 5.87 Å². The van der Waals surface area contributed by atoms with Crippen molar-refractivity contribution in [2.75, 3.05) is 0 Å².